The van der Waals surface area contributed by atoms with Crippen LogP contribution in [0.2, 0.25) is 0 Å². The molecular formula is C24H21I2Sb. The van der Waals surface area contributed by atoms with Crippen LogP contribution in [0.5, 0.6) is 0 Å². The van der Waals surface area contributed by atoms with Crippen LogP contribution >= 0.6 is 36.9 Å². The van der Waals surface area contributed by atoms with Gasteiger partial charge in [0.15, 0.2) is 0 Å². The van der Waals surface area contributed by atoms with E-state index >= 15 is 0 Å². The summed E-state index contributed by atoms with van der Waals surface area (Å²) in [5.41, 5.74) is 0. The molecular weight excluding hydrogens is 664 g/mol. The van der Waals surface area contributed by atoms with Gasteiger partial charge in [-0.15, -0.1) is 0 Å². The minimum atomic E-state index is -3.03. The van der Waals surface area contributed by atoms with E-state index in [1.807, 2.05) is 0 Å². The van der Waals surface area contributed by atoms with Gasteiger partial charge in [0, 0.05) is 0 Å². The molecule has 136 valence electrons. The van der Waals surface area contributed by atoms with Gasteiger partial charge in [-0.05, 0) is 0 Å². The van der Waals surface area contributed by atoms with Crippen molar-refractivity contribution >= 4 is 55.9 Å². The van der Waals surface area contributed by atoms with E-state index in [4.69, 9.17) is 0 Å². The first-order chi connectivity index (χ1) is 13.4. The molecule has 3 heteroatoms. The Bertz CT molecular complexity index is 763. The average Bonchev–Trinajstić information content (AvgIpc) is 2.79. The van der Waals surface area contributed by atoms with Crippen LogP contribution in [0, 0.1) is 14.3 Å². The first kappa shape index (κ1) is 20.9. The fraction of sp³-hybridized carbons (Fsp3) is 0. The van der Waals surface area contributed by atoms with Gasteiger partial charge in [0.1, 0.15) is 0 Å². The standard InChI is InChI=1S/C24H21I.HI.Sb/c1-5-13-21(14-6-1)25(22-15-7-2-8-16-22,23-17-9-3-10-18-23)24-19-11-4-12-20-24;;/h1-20,25H;1H;/q;;+1/p-1. The summed E-state index contributed by atoms with van der Waals surface area (Å²) >= 11 is 0.895. The van der Waals surface area contributed by atoms with Gasteiger partial charge in [-0.25, -0.2) is 0 Å². The van der Waals surface area contributed by atoms with E-state index in [-0.39, 0.29) is 0 Å². The molecule has 4 rings (SSSR count). The normalized spacial score (nSPS) is 11.2. The van der Waals surface area contributed by atoms with Crippen molar-refractivity contribution in [1.82, 2.24) is 0 Å². The molecule has 0 bridgehead atoms. The zero-order chi connectivity index (χ0) is 19.0. The number of halogens is 2. The van der Waals surface area contributed by atoms with Crippen molar-refractivity contribution in [2.45, 2.75) is 0 Å². The molecule has 27 heavy (non-hydrogen) atoms. The zero-order valence-corrected chi connectivity index (χ0v) is 21.8. The van der Waals surface area contributed by atoms with E-state index in [0.717, 1.165) is 0 Å². The van der Waals surface area contributed by atoms with Crippen LogP contribution in [-0.4, -0.2) is 19.0 Å². The van der Waals surface area contributed by atoms with Crippen molar-refractivity contribution < 1.29 is 0 Å². The molecule has 0 fully saturated rings. The summed E-state index contributed by atoms with van der Waals surface area (Å²) in [7, 11) is 0. The molecule has 0 aliphatic rings. The summed E-state index contributed by atoms with van der Waals surface area (Å²) in [6, 6.07) is 44.3. The third kappa shape index (κ3) is 4.43. The molecule has 0 aliphatic heterocycles. The van der Waals surface area contributed by atoms with Crippen LogP contribution in [-0.2, 0) is 0 Å². The summed E-state index contributed by atoms with van der Waals surface area (Å²) in [5.74, 6) is 0. The molecule has 0 saturated heterocycles. The van der Waals surface area contributed by atoms with Crippen molar-refractivity contribution in [3.8, 4) is 0 Å². The van der Waals surface area contributed by atoms with E-state index in [2.05, 4.69) is 140 Å². The van der Waals surface area contributed by atoms with Crippen molar-refractivity contribution in [3.63, 3.8) is 0 Å². The van der Waals surface area contributed by atoms with Crippen LogP contribution in [0.25, 0.3) is 0 Å². The third-order valence-electron chi connectivity index (χ3n) is 4.39. The van der Waals surface area contributed by atoms with E-state index in [1.165, 1.54) is 14.3 Å². The van der Waals surface area contributed by atoms with Crippen LogP contribution in [0.15, 0.2) is 121 Å². The minimum absolute atomic E-state index is 1.47. The van der Waals surface area contributed by atoms with E-state index in [0.29, 0.717) is 0 Å². The first-order valence-electron chi connectivity index (χ1n) is 8.63. The van der Waals surface area contributed by atoms with Gasteiger partial charge < -0.3 is 0 Å². The van der Waals surface area contributed by atoms with Crippen LogP contribution in [0.4, 0.5) is 0 Å². The summed E-state index contributed by atoms with van der Waals surface area (Å²) in [5, 5.41) is 0. The first-order valence-corrected chi connectivity index (χ1v) is 20.7. The Morgan fingerprint density at radius 1 is 0.370 bits per heavy atom. The second kappa shape index (κ2) is 10.6. The molecule has 0 unspecified atom stereocenters. The maximum absolute atomic E-state index is 3.03. The SMILES string of the molecule is [Sb][I].c1ccc([IH](c2ccccc2)(c2ccccc2)c2ccccc2)cc1. The van der Waals surface area contributed by atoms with Gasteiger partial charge in [-0.1, -0.05) is 0 Å². The molecule has 2 radical (unpaired) electrons. The van der Waals surface area contributed by atoms with Crippen molar-refractivity contribution in [3.05, 3.63) is 136 Å². The molecule has 0 heterocycles. The topological polar surface area (TPSA) is 0 Å². The Balaban J connectivity index is 0.00000102. The number of hydrogen-bond donors (Lipinski definition) is 0. The molecule has 0 spiro atoms. The summed E-state index contributed by atoms with van der Waals surface area (Å²) in [6.07, 6.45) is 0. The molecule has 0 N–H and O–H groups in total. The number of benzene rings is 4. The van der Waals surface area contributed by atoms with Crippen LogP contribution < -0.4 is 0 Å². The monoisotopic (exact) mass is 684 g/mol. The number of rotatable bonds is 4. The van der Waals surface area contributed by atoms with Crippen molar-refractivity contribution in [1.29, 1.82) is 0 Å². The third-order valence-corrected chi connectivity index (χ3v) is 15.6. The van der Waals surface area contributed by atoms with Gasteiger partial charge >= 0.3 is 192 Å². The molecule has 0 amide bonds. The van der Waals surface area contributed by atoms with Crippen LogP contribution in [0.1, 0.15) is 0 Å². The Labute approximate surface area is 189 Å². The Morgan fingerprint density at radius 3 is 0.741 bits per heavy atom. The second-order valence-electron chi connectivity index (χ2n) is 5.86. The molecule has 4 aromatic carbocycles. The van der Waals surface area contributed by atoms with Crippen LogP contribution in [0.3, 0.4) is 0 Å². The van der Waals surface area contributed by atoms with Gasteiger partial charge in [0.05, 0.1) is 0 Å². The van der Waals surface area contributed by atoms with E-state index < -0.39 is 18.4 Å². The predicted molar refractivity (Wildman–Crippen MR) is 136 cm³/mol. The quantitative estimate of drug-likeness (QED) is 0.165. The second-order valence-corrected chi connectivity index (χ2v) is 14.7. The zero-order valence-electron chi connectivity index (χ0n) is 14.8. The molecule has 0 aliphatic carbocycles. The fourth-order valence-electron chi connectivity index (χ4n) is 3.31. The molecule has 0 saturated carbocycles. The van der Waals surface area contributed by atoms with Gasteiger partial charge in [0.25, 0.3) is 0 Å². The molecule has 0 nitrogen and oxygen atoms in total. The van der Waals surface area contributed by atoms with E-state index in [1.54, 1.807) is 19.0 Å². The maximum atomic E-state index is 2.31. The van der Waals surface area contributed by atoms with Gasteiger partial charge in [-0.2, -0.15) is 0 Å². The summed E-state index contributed by atoms with van der Waals surface area (Å²) in [6.45, 7) is 0. The molecule has 4 aromatic rings. The van der Waals surface area contributed by atoms with Crippen molar-refractivity contribution in [2.24, 2.45) is 0 Å². The van der Waals surface area contributed by atoms with Gasteiger partial charge in [-0.3, -0.25) is 0 Å². The van der Waals surface area contributed by atoms with E-state index in [9.17, 15) is 0 Å². The fourth-order valence-corrected chi connectivity index (χ4v) is 14.4. The summed E-state index contributed by atoms with van der Waals surface area (Å²) < 4.78 is 5.87. The summed E-state index contributed by atoms with van der Waals surface area (Å²) in [4.78, 5) is 0. The molecule has 0 atom stereocenters. The van der Waals surface area contributed by atoms with Crippen molar-refractivity contribution in [2.75, 3.05) is 0 Å². The Morgan fingerprint density at radius 2 is 0.556 bits per heavy atom. The van der Waals surface area contributed by atoms with Gasteiger partial charge in [0.2, 0.25) is 0 Å². The predicted octanol–water partition coefficient (Wildman–Crippen LogP) is 6.74. The Kier molecular flexibility index (Phi) is 8.22. The molecule has 0 aromatic heterocycles. The average molecular weight is 685 g/mol. The number of hydrogen-bond acceptors (Lipinski definition) is 0. The Hall–Kier alpha value is -0.842.